The monoisotopic (exact) mass is 985 g/mol. The summed E-state index contributed by atoms with van der Waals surface area (Å²) in [6.45, 7) is 4.71. The van der Waals surface area contributed by atoms with E-state index in [4.69, 9.17) is 8.83 Å². The Morgan fingerprint density at radius 3 is 1.57 bits per heavy atom. The number of rotatable bonds is 7. The lowest BCUT2D eigenvalue weighted by Gasteiger charge is -2.45. The van der Waals surface area contributed by atoms with Gasteiger partial charge in [0.05, 0.1) is 5.69 Å². The summed E-state index contributed by atoms with van der Waals surface area (Å²) >= 11 is 0. The molecule has 1 aliphatic carbocycles. The molecule has 0 bridgehead atoms. The van der Waals surface area contributed by atoms with Gasteiger partial charge in [0.15, 0.2) is 0 Å². The molecule has 4 heterocycles. The SMILES string of the molecule is CC1(C)c2ccccc2-c2ccc(N(c3cc4c5c(c3)N(c3ccc(-c6cc7ccccc7o6)cc3)c3ccccc3B5c3ccccc3N4c3ccccc3)c3ccc4cc(-c5cc6ccccc6o5)ccc4c3)cc21. The zero-order valence-electron chi connectivity index (χ0n) is 42.5. The Morgan fingerprint density at radius 1 is 0.364 bits per heavy atom. The highest BCUT2D eigenvalue weighted by Gasteiger charge is 2.44. The van der Waals surface area contributed by atoms with Crippen molar-refractivity contribution in [2.24, 2.45) is 0 Å². The van der Waals surface area contributed by atoms with Crippen molar-refractivity contribution in [2.45, 2.75) is 19.3 Å². The van der Waals surface area contributed by atoms with Crippen LogP contribution in [0.3, 0.4) is 0 Å². The molecular formula is C71H48BN3O2. The maximum atomic E-state index is 6.41. The summed E-state index contributed by atoms with van der Waals surface area (Å²) in [5.41, 5.74) is 22.7. The molecule has 0 saturated heterocycles. The fourth-order valence-corrected chi connectivity index (χ4v) is 13.0. The summed E-state index contributed by atoms with van der Waals surface area (Å²) in [4.78, 5) is 7.48. The highest BCUT2D eigenvalue weighted by Crippen LogP contribution is 2.53. The molecular weight excluding hydrogens is 938 g/mol. The molecule has 2 aromatic heterocycles. The van der Waals surface area contributed by atoms with Gasteiger partial charge in [0.2, 0.25) is 0 Å². The van der Waals surface area contributed by atoms with Gasteiger partial charge < -0.3 is 23.5 Å². The zero-order chi connectivity index (χ0) is 50.9. The Kier molecular flexibility index (Phi) is 9.41. The van der Waals surface area contributed by atoms with Crippen LogP contribution in [-0.2, 0) is 5.41 Å². The van der Waals surface area contributed by atoms with Gasteiger partial charge in [0, 0.05) is 72.8 Å². The molecule has 0 saturated carbocycles. The summed E-state index contributed by atoms with van der Waals surface area (Å²) < 4.78 is 12.8. The van der Waals surface area contributed by atoms with Gasteiger partial charge in [0.1, 0.15) is 22.7 Å². The molecule has 0 fully saturated rings. The fraction of sp³-hybridized carbons (Fsp3) is 0.0423. The Morgan fingerprint density at radius 2 is 0.883 bits per heavy atom. The first-order chi connectivity index (χ1) is 37.9. The number of hydrogen-bond acceptors (Lipinski definition) is 5. The van der Waals surface area contributed by atoms with Crippen molar-refractivity contribution in [1.29, 1.82) is 0 Å². The van der Waals surface area contributed by atoms with Gasteiger partial charge in [0.25, 0.3) is 6.71 Å². The molecule has 0 N–H and O–H groups in total. The van der Waals surface area contributed by atoms with E-state index in [0.29, 0.717) is 0 Å². The molecule has 0 radical (unpaired) electrons. The van der Waals surface area contributed by atoms with E-state index < -0.39 is 0 Å². The van der Waals surface area contributed by atoms with E-state index in [1.54, 1.807) is 0 Å². The maximum absolute atomic E-state index is 6.41. The number of anilines is 9. The second-order valence-corrected chi connectivity index (χ2v) is 21.3. The van der Waals surface area contributed by atoms with Crippen LogP contribution in [0.1, 0.15) is 25.0 Å². The predicted molar refractivity (Wildman–Crippen MR) is 321 cm³/mol. The molecule has 0 atom stereocenters. The quantitative estimate of drug-likeness (QED) is 0.149. The molecule has 3 aliphatic rings. The Bertz CT molecular complexity index is 4470. The molecule has 16 rings (SSSR count). The number of benzene rings is 11. The average molecular weight is 986 g/mol. The van der Waals surface area contributed by atoms with Crippen LogP contribution in [-0.4, -0.2) is 6.71 Å². The van der Waals surface area contributed by atoms with Crippen molar-refractivity contribution in [3.8, 4) is 33.8 Å². The van der Waals surface area contributed by atoms with Crippen LogP contribution in [0.5, 0.6) is 0 Å². The van der Waals surface area contributed by atoms with E-state index in [0.717, 1.165) is 101 Å². The predicted octanol–water partition coefficient (Wildman–Crippen LogP) is 17.5. The van der Waals surface area contributed by atoms with Gasteiger partial charge in [-0.1, -0.05) is 153 Å². The van der Waals surface area contributed by atoms with Gasteiger partial charge in [-0.2, -0.15) is 0 Å². The number of nitrogens with zero attached hydrogens (tertiary/aromatic N) is 3. The summed E-state index contributed by atoms with van der Waals surface area (Å²) in [5.74, 6) is 1.71. The Hall–Kier alpha value is -9.78. The van der Waals surface area contributed by atoms with E-state index in [1.807, 2.05) is 24.3 Å². The molecule has 0 unspecified atom stereocenters. The van der Waals surface area contributed by atoms with Gasteiger partial charge in [-0.15, -0.1) is 0 Å². The van der Waals surface area contributed by atoms with E-state index >= 15 is 0 Å². The van der Waals surface area contributed by atoms with Crippen molar-refractivity contribution >= 4 is 107 Å². The molecule has 0 amide bonds. The largest absolute Gasteiger partial charge is 0.456 e. The minimum Gasteiger partial charge on any atom is -0.456 e. The summed E-state index contributed by atoms with van der Waals surface area (Å²) in [6, 6.07) is 93.1. The fourth-order valence-electron chi connectivity index (χ4n) is 13.0. The van der Waals surface area contributed by atoms with Crippen LogP contribution < -0.4 is 31.1 Å². The van der Waals surface area contributed by atoms with Crippen LogP contribution in [0.25, 0.3) is 66.5 Å². The standard InChI is InChI=1S/C71H48BN3O2/c1-71(2)58-21-9-8-20-56(58)57-37-36-54(42-59(57)71)73(53-35-32-46-38-50(29-28-47(46)39-53)69-41-49-17-7-15-27-67(49)77-69)55-43-64-70-65(44-55)75(52-33-30-45(31-34-52)68-40-48-16-6-14-26-66(48)76-68)63-25-13-11-23-61(63)72(70)60-22-10-12-24-62(60)74(64)51-18-4-3-5-19-51/h3-44H,1-2H3. The van der Waals surface area contributed by atoms with E-state index in [-0.39, 0.29) is 12.1 Å². The highest BCUT2D eigenvalue weighted by molar-refractivity contribution is 7.00. The lowest BCUT2D eigenvalue weighted by molar-refractivity contribution is 0.631. The topological polar surface area (TPSA) is 36.0 Å². The molecule has 2 aliphatic heterocycles. The molecule has 6 heteroatoms. The number of fused-ring (bicyclic) bond motifs is 10. The van der Waals surface area contributed by atoms with Crippen molar-refractivity contribution in [1.82, 2.24) is 0 Å². The minimum atomic E-state index is -0.206. The van der Waals surface area contributed by atoms with E-state index in [9.17, 15) is 0 Å². The van der Waals surface area contributed by atoms with Crippen molar-refractivity contribution in [2.75, 3.05) is 14.7 Å². The van der Waals surface area contributed by atoms with Crippen LogP contribution >= 0.6 is 0 Å². The second-order valence-electron chi connectivity index (χ2n) is 21.3. The first-order valence-corrected chi connectivity index (χ1v) is 26.6. The summed E-state index contributed by atoms with van der Waals surface area (Å²) in [7, 11) is 0. The third-order valence-electron chi connectivity index (χ3n) is 16.6. The molecule has 5 nitrogen and oxygen atoms in total. The normalized spacial score (nSPS) is 13.6. The lowest BCUT2D eigenvalue weighted by Crippen LogP contribution is -2.61. The van der Waals surface area contributed by atoms with Crippen LogP contribution in [0, 0.1) is 0 Å². The van der Waals surface area contributed by atoms with Gasteiger partial charge in [-0.05, 0) is 165 Å². The number of furan rings is 2. The smallest absolute Gasteiger partial charge is 0.252 e. The Labute approximate surface area is 447 Å². The minimum absolute atomic E-state index is 0.0261. The molecule has 77 heavy (non-hydrogen) atoms. The average Bonchev–Trinajstić information content (AvgIpc) is 4.25. The third kappa shape index (κ3) is 6.68. The first kappa shape index (κ1) is 43.6. The van der Waals surface area contributed by atoms with Gasteiger partial charge >= 0.3 is 0 Å². The Balaban J connectivity index is 0.940. The number of hydrogen-bond donors (Lipinski definition) is 0. The molecule has 11 aromatic carbocycles. The summed E-state index contributed by atoms with van der Waals surface area (Å²) in [5, 5.41) is 4.47. The van der Waals surface area contributed by atoms with Crippen molar-refractivity contribution in [3.05, 3.63) is 266 Å². The van der Waals surface area contributed by atoms with Crippen LogP contribution in [0.2, 0.25) is 0 Å². The molecule has 0 spiro atoms. The van der Waals surface area contributed by atoms with Crippen LogP contribution in [0.15, 0.2) is 264 Å². The van der Waals surface area contributed by atoms with E-state index in [2.05, 4.69) is 259 Å². The second kappa shape index (κ2) is 16.6. The highest BCUT2D eigenvalue weighted by atomic mass is 16.3. The first-order valence-electron chi connectivity index (χ1n) is 26.6. The van der Waals surface area contributed by atoms with Crippen molar-refractivity contribution in [3.63, 3.8) is 0 Å². The lowest BCUT2D eigenvalue weighted by atomic mass is 9.33. The number of para-hydroxylation sites is 5. The van der Waals surface area contributed by atoms with Gasteiger partial charge in [-0.25, -0.2) is 0 Å². The molecule has 13 aromatic rings. The molecule has 362 valence electrons. The third-order valence-corrected chi connectivity index (χ3v) is 16.6. The summed E-state index contributed by atoms with van der Waals surface area (Å²) in [6.07, 6.45) is 0. The van der Waals surface area contributed by atoms with E-state index in [1.165, 1.54) is 44.3 Å². The van der Waals surface area contributed by atoms with Crippen molar-refractivity contribution < 1.29 is 8.83 Å². The zero-order valence-corrected chi connectivity index (χ0v) is 42.5. The van der Waals surface area contributed by atoms with Crippen LogP contribution in [0.4, 0.5) is 51.2 Å². The van der Waals surface area contributed by atoms with Gasteiger partial charge in [-0.3, -0.25) is 0 Å². The maximum Gasteiger partial charge on any atom is 0.252 e.